The summed E-state index contributed by atoms with van der Waals surface area (Å²) in [6.45, 7) is 0. The molecule has 1 aromatic heterocycles. The summed E-state index contributed by atoms with van der Waals surface area (Å²) in [5.41, 5.74) is 1.01. The molecule has 0 spiro atoms. The summed E-state index contributed by atoms with van der Waals surface area (Å²) < 4.78 is 37.7. The normalized spacial score (nSPS) is 11.8. The quantitative estimate of drug-likeness (QED) is 0.849. The summed E-state index contributed by atoms with van der Waals surface area (Å²) in [5, 5.41) is 0. The van der Waals surface area contributed by atoms with E-state index in [2.05, 4.69) is 25.9 Å². The number of H-pyrrole nitrogens is 1. The van der Waals surface area contributed by atoms with Gasteiger partial charge in [0.15, 0.2) is 0 Å². The lowest BCUT2D eigenvalue weighted by Gasteiger charge is -2.01. The van der Waals surface area contributed by atoms with E-state index in [1.807, 2.05) is 0 Å². The molecule has 1 aromatic carbocycles. The van der Waals surface area contributed by atoms with Crippen LogP contribution in [0.25, 0.3) is 11.3 Å². The highest BCUT2D eigenvalue weighted by Crippen LogP contribution is 2.28. The average Bonchev–Trinajstić information content (AvgIpc) is 2.67. The molecule has 0 unspecified atom stereocenters. The average molecular weight is 291 g/mol. The first-order chi connectivity index (χ1) is 7.47. The number of alkyl halides is 3. The minimum Gasteiger partial charge on any atom is -0.334 e. The molecule has 0 aliphatic heterocycles. The fraction of sp³-hybridized carbons (Fsp3) is 0.100. The molecule has 2 rings (SSSR count). The van der Waals surface area contributed by atoms with Gasteiger partial charge in [-0.25, -0.2) is 4.98 Å². The largest absolute Gasteiger partial charge is 0.449 e. The molecule has 0 fully saturated rings. The lowest BCUT2D eigenvalue weighted by molar-refractivity contribution is -0.144. The summed E-state index contributed by atoms with van der Waals surface area (Å²) in [4.78, 5) is 5.53. The van der Waals surface area contributed by atoms with E-state index in [9.17, 15) is 13.2 Å². The van der Waals surface area contributed by atoms with Crippen molar-refractivity contribution in [2.24, 2.45) is 0 Å². The second-order valence-electron chi connectivity index (χ2n) is 3.15. The number of halogens is 4. The summed E-state index contributed by atoms with van der Waals surface area (Å²) in [7, 11) is 0. The molecule has 0 radical (unpaired) electrons. The summed E-state index contributed by atoms with van der Waals surface area (Å²) in [6.07, 6.45) is -3.26. The Morgan fingerprint density at radius 3 is 2.25 bits per heavy atom. The predicted molar refractivity (Wildman–Crippen MR) is 56.7 cm³/mol. The van der Waals surface area contributed by atoms with E-state index in [1.54, 1.807) is 24.3 Å². The molecule has 2 aromatic rings. The second kappa shape index (κ2) is 3.93. The molecule has 1 heterocycles. The van der Waals surface area contributed by atoms with Crippen molar-refractivity contribution in [2.45, 2.75) is 6.18 Å². The van der Waals surface area contributed by atoms with Crippen molar-refractivity contribution in [3.8, 4) is 11.3 Å². The predicted octanol–water partition coefficient (Wildman–Crippen LogP) is 3.86. The van der Waals surface area contributed by atoms with E-state index in [0.717, 1.165) is 4.47 Å². The van der Waals surface area contributed by atoms with Gasteiger partial charge in [0.25, 0.3) is 0 Å². The zero-order valence-electron chi connectivity index (χ0n) is 7.85. The first-order valence-electron chi connectivity index (χ1n) is 4.35. The van der Waals surface area contributed by atoms with Gasteiger partial charge in [-0.3, -0.25) is 0 Å². The number of rotatable bonds is 1. The maximum absolute atomic E-state index is 12.3. The molecule has 0 saturated carbocycles. The van der Waals surface area contributed by atoms with Gasteiger partial charge in [0.1, 0.15) is 0 Å². The van der Waals surface area contributed by atoms with Crippen LogP contribution in [-0.4, -0.2) is 9.97 Å². The van der Waals surface area contributed by atoms with Crippen LogP contribution in [0.4, 0.5) is 13.2 Å². The van der Waals surface area contributed by atoms with E-state index in [4.69, 9.17) is 0 Å². The summed E-state index contributed by atoms with van der Waals surface area (Å²) in [6, 6.07) is 6.92. The van der Waals surface area contributed by atoms with Gasteiger partial charge in [-0.1, -0.05) is 28.1 Å². The lowest BCUT2D eigenvalue weighted by atomic mass is 10.2. The van der Waals surface area contributed by atoms with Crippen LogP contribution < -0.4 is 0 Å². The highest BCUT2D eigenvalue weighted by molar-refractivity contribution is 9.10. The first-order valence-corrected chi connectivity index (χ1v) is 5.14. The second-order valence-corrected chi connectivity index (χ2v) is 4.07. The number of aromatic nitrogens is 2. The number of nitrogens with one attached hydrogen (secondary N) is 1. The monoisotopic (exact) mass is 290 g/mol. The molecule has 0 aliphatic rings. The van der Waals surface area contributed by atoms with Crippen molar-refractivity contribution < 1.29 is 13.2 Å². The zero-order valence-corrected chi connectivity index (χ0v) is 9.43. The van der Waals surface area contributed by atoms with Crippen molar-refractivity contribution in [3.63, 3.8) is 0 Å². The molecular weight excluding hydrogens is 285 g/mol. The Morgan fingerprint density at radius 2 is 1.75 bits per heavy atom. The number of imidazole rings is 1. The van der Waals surface area contributed by atoms with Gasteiger partial charge < -0.3 is 4.98 Å². The number of hydrogen-bond donors (Lipinski definition) is 1. The highest BCUT2D eigenvalue weighted by Gasteiger charge is 2.34. The van der Waals surface area contributed by atoms with Crippen LogP contribution in [0.2, 0.25) is 0 Å². The number of aromatic amines is 1. The van der Waals surface area contributed by atoms with Gasteiger partial charge >= 0.3 is 6.18 Å². The van der Waals surface area contributed by atoms with E-state index in [-0.39, 0.29) is 0 Å². The van der Waals surface area contributed by atoms with Crippen LogP contribution in [0.1, 0.15) is 5.82 Å². The van der Waals surface area contributed by atoms with Crippen LogP contribution in [0.15, 0.2) is 34.9 Å². The van der Waals surface area contributed by atoms with Crippen molar-refractivity contribution in [2.75, 3.05) is 0 Å². The fourth-order valence-corrected chi connectivity index (χ4v) is 1.51. The SMILES string of the molecule is FC(F)(F)c1ncc(-c2ccc(Br)cc2)[nH]1. The summed E-state index contributed by atoms with van der Waals surface area (Å²) >= 11 is 3.25. The molecule has 16 heavy (non-hydrogen) atoms. The van der Waals surface area contributed by atoms with E-state index < -0.39 is 12.0 Å². The Balaban J connectivity index is 2.35. The van der Waals surface area contributed by atoms with Gasteiger partial charge in [0.2, 0.25) is 5.82 Å². The molecule has 0 atom stereocenters. The lowest BCUT2D eigenvalue weighted by Crippen LogP contribution is -2.07. The van der Waals surface area contributed by atoms with Gasteiger partial charge in [-0.05, 0) is 17.7 Å². The smallest absolute Gasteiger partial charge is 0.334 e. The van der Waals surface area contributed by atoms with Gasteiger partial charge in [-0.2, -0.15) is 13.2 Å². The Kier molecular flexibility index (Phi) is 2.75. The minimum atomic E-state index is -4.44. The molecule has 6 heteroatoms. The minimum absolute atomic E-state index is 0.347. The third kappa shape index (κ3) is 2.27. The molecule has 0 amide bonds. The molecule has 1 N–H and O–H groups in total. The van der Waals surface area contributed by atoms with Crippen LogP contribution in [0, 0.1) is 0 Å². The van der Waals surface area contributed by atoms with Gasteiger partial charge in [0, 0.05) is 4.47 Å². The van der Waals surface area contributed by atoms with Crippen molar-refractivity contribution in [1.29, 1.82) is 0 Å². The Hall–Kier alpha value is -1.30. The molecule has 0 aliphatic carbocycles. The Labute approximate surface area is 97.6 Å². The van der Waals surface area contributed by atoms with Crippen molar-refractivity contribution >= 4 is 15.9 Å². The molecular formula is C10H6BrF3N2. The maximum atomic E-state index is 12.3. The molecule has 84 valence electrons. The molecule has 0 saturated heterocycles. The van der Waals surface area contributed by atoms with Gasteiger partial charge in [0.05, 0.1) is 11.9 Å². The summed E-state index contributed by atoms with van der Waals surface area (Å²) in [5.74, 6) is -0.981. The molecule has 0 bridgehead atoms. The maximum Gasteiger partial charge on any atom is 0.449 e. The van der Waals surface area contributed by atoms with Crippen molar-refractivity contribution in [1.82, 2.24) is 9.97 Å². The number of nitrogens with zero attached hydrogens (tertiary/aromatic N) is 1. The fourth-order valence-electron chi connectivity index (χ4n) is 1.24. The highest BCUT2D eigenvalue weighted by atomic mass is 79.9. The standard InChI is InChI=1S/C10H6BrF3N2/c11-7-3-1-6(2-4-7)8-5-15-9(16-8)10(12,13)14/h1-5H,(H,15,16). The number of benzene rings is 1. The van der Waals surface area contributed by atoms with Crippen LogP contribution >= 0.6 is 15.9 Å². The Bertz CT molecular complexity index is 488. The van der Waals surface area contributed by atoms with E-state index in [0.29, 0.717) is 11.3 Å². The number of hydrogen-bond acceptors (Lipinski definition) is 1. The van der Waals surface area contributed by atoms with Crippen molar-refractivity contribution in [3.05, 3.63) is 40.8 Å². The third-order valence-corrected chi connectivity index (χ3v) is 2.53. The van der Waals surface area contributed by atoms with E-state index >= 15 is 0 Å². The first kappa shape index (κ1) is 11.2. The van der Waals surface area contributed by atoms with Crippen LogP contribution in [-0.2, 0) is 6.18 Å². The van der Waals surface area contributed by atoms with Gasteiger partial charge in [-0.15, -0.1) is 0 Å². The van der Waals surface area contributed by atoms with E-state index in [1.165, 1.54) is 6.20 Å². The third-order valence-electron chi connectivity index (χ3n) is 2.00. The molecule has 2 nitrogen and oxygen atoms in total. The van der Waals surface area contributed by atoms with Crippen LogP contribution in [0.5, 0.6) is 0 Å². The Morgan fingerprint density at radius 1 is 1.12 bits per heavy atom. The topological polar surface area (TPSA) is 28.7 Å². The zero-order chi connectivity index (χ0) is 11.8. The van der Waals surface area contributed by atoms with Crippen LogP contribution in [0.3, 0.4) is 0 Å².